The van der Waals surface area contributed by atoms with Crippen molar-refractivity contribution in [3.63, 3.8) is 0 Å². The van der Waals surface area contributed by atoms with Gasteiger partial charge >= 0.3 is 5.97 Å². The quantitative estimate of drug-likeness (QED) is 0.893. The van der Waals surface area contributed by atoms with Crippen molar-refractivity contribution in [2.75, 3.05) is 5.75 Å². The Labute approximate surface area is 113 Å². The van der Waals surface area contributed by atoms with Crippen LogP contribution < -0.4 is 0 Å². The van der Waals surface area contributed by atoms with E-state index < -0.39 is 33.3 Å². The van der Waals surface area contributed by atoms with Gasteiger partial charge in [-0.3, -0.25) is 4.79 Å². The molecule has 0 spiro atoms. The van der Waals surface area contributed by atoms with Crippen LogP contribution >= 0.6 is 15.9 Å². The monoisotopic (exact) mass is 338 g/mol. The lowest BCUT2D eigenvalue weighted by Gasteiger charge is -2.08. The minimum absolute atomic E-state index is 0.182. The second-order valence-corrected chi connectivity index (χ2v) is 7.01. The number of hydrogen-bond donors (Lipinski definition) is 1. The Balaban J connectivity index is 2.82. The molecule has 0 aliphatic heterocycles. The van der Waals surface area contributed by atoms with Gasteiger partial charge in [0.1, 0.15) is 5.82 Å². The van der Waals surface area contributed by atoms with Crippen LogP contribution in [-0.2, 0) is 20.4 Å². The van der Waals surface area contributed by atoms with E-state index >= 15 is 0 Å². The lowest BCUT2D eigenvalue weighted by Crippen LogP contribution is -2.22. The van der Waals surface area contributed by atoms with E-state index in [-0.39, 0.29) is 10.2 Å². The molecule has 0 aliphatic carbocycles. The van der Waals surface area contributed by atoms with E-state index in [2.05, 4.69) is 15.9 Å². The largest absolute Gasteiger partial charge is 0.481 e. The van der Waals surface area contributed by atoms with Gasteiger partial charge in [0, 0.05) is 0 Å². The Morgan fingerprint density at radius 3 is 2.61 bits per heavy atom. The van der Waals surface area contributed by atoms with Crippen molar-refractivity contribution < 1.29 is 22.7 Å². The average Bonchev–Trinajstić information content (AvgIpc) is 2.22. The fourth-order valence-electron chi connectivity index (χ4n) is 1.39. The maximum atomic E-state index is 13.0. The minimum atomic E-state index is -3.53. The molecule has 100 valence electrons. The van der Waals surface area contributed by atoms with E-state index in [0.29, 0.717) is 5.56 Å². The molecule has 0 radical (unpaired) electrons. The molecular formula is C11H12BrFO4S. The molecule has 0 aliphatic rings. The summed E-state index contributed by atoms with van der Waals surface area (Å²) in [5, 5.41) is 8.67. The Hall–Kier alpha value is -0.950. The molecule has 1 rings (SSSR count). The smallest absolute Gasteiger partial charge is 0.307 e. The summed E-state index contributed by atoms with van der Waals surface area (Å²) in [5.74, 6) is -3.33. The van der Waals surface area contributed by atoms with Gasteiger partial charge in [-0.1, -0.05) is 13.0 Å². The van der Waals surface area contributed by atoms with Gasteiger partial charge in [-0.25, -0.2) is 12.8 Å². The summed E-state index contributed by atoms with van der Waals surface area (Å²) in [7, 11) is -3.53. The summed E-state index contributed by atoms with van der Waals surface area (Å²) >= 11 is 2.96. The fraction of sp³-hybridized carbons (Fsp3) is 0.364. The molecule has 1 aromatic carbocycles. The van der Waals surface area contributed by atoms with Crippen LogP contribution in [0.25, 0.3) is 0 Å². The van der Waals surface area contributed by atoms with Gasteiger partial charge in [0.05, 0.1) is 21.9 Å². The second-order valence-electron chi connectivity index (χ2n) is 4.04. The summed E-state index contributed by atoms with van der Waals surface area (Å²) in [6, 6.07) is 3.90. The number of aliphatic carboxylic acids is 1. The lowest BCUT2D eigenvalue weighted by atomic mass is 10.2. The van der Waals surface area contributed by atoms with Gasteiger partial charge in [0.25, 0.3) is 0 Å². The van der Waals surface area contributed by atoms with Crippen molar-refractivity contribution in [3.05, 3.63) is 34.1 Å². The Morgan fingerprint density at radius 2 is 2.11 bits per heavy atom. The van der Waals surface area contributed by atoms with E-state index in [9.17, 15) is 17.6 Å². The van der Waals surface area contributed by atoms with Gasteiger partial charge in [-0.2, -0.15) is 0 Å². The number of benzene rings is 1. The number of sulfone groups is 1. The van der Waals surface area contributed by atoms with Crippen LogP contribution in [0.2, 0.25) is 0 Å². The fourth-order valence-corrected chi connectivity index (χ4v) is 3.53. The van der Waals surface area contributed by atoms with E-state index in [1.54, 1.807) is 0 Å². The number of halogens is 2. The van der Waals surface area contributed by atoms with Crippen molar-refractivity contribution in [2.45, 2.75) is 12.7 Å². The SMILES string of the molecule is CC(CS(=O)(=O)Cc1ccc(F)c(Br)c1)C(=O)O. The summed E-state index contributed by atoms with van der Waals surface area (Å²) < 4.78 is 36.6. The molecule has 0 heterocycles. The van der Waals surface area contributed by atoms with Gasteiger partial charge in [-0.05, 0) is 33.6 Å². The Morgan fingerprint density at radius 1 is 1.50 bits per heavy atom. The first kappa shape index (κ1) is 15.1. The highest BCUT2D eigenvalue weighted by Crippen LogP contribution is 2.19. The van der Waals surface area contributed by atoms with Crippen LogP contribution in [0, 0.1) is 11.7 Å². The summed E-state index contributed by atoms with van der Waals surface area (Å²) in [5.41, 5.74) is 0.417. The molecule has 1 atom stereocenters. The van der Waals surface area contributed by atoms with E-state index in [1.165, 1.54) is 19.1 Å². The molecule has 7 heteroatoms. The maximum absolute atomic E-state index is 13.0. The van der Waals surface area contributed by atoms with E-state index in [0.717, 1.165) is 6.07 Å². The molecule has 0 aromatic heterocycles. The highest BCUT2D eigenvalue weighted by atomic mass is 79.9. The molecule has 0 fully saturated rings. The molecule has 0 saturated heterocycles. The maximum Gasteiger partial charge on any atom is 0.307 e. The third-order valence-electron chi connectivity index (χ3n) is 2.30. The van der Waals surface area contributed by atoms with Crippen molar-refractivity contribution in [2.24, 2.45) is 5.92 Å². The zero-order chi connectivity index (χ0) is 13.9. The summed E-state index contributed by atoms with van der Waals surface area (Å²) in [4.78, 5) is 10.6. The molecule has 1 unspecified atom stereocenters. The third-order valence-corrected chi connectivity index (χ3v) is 4.68. The molecular weight excluding hydrogens is 327 g/mol. The number of carboxylic acids is 1. The molecule has 4 nitrogen and oxygen atoms in total. The molecule has 0 saturated carbocycles. The van der Waals surface area contributed by atoms with Gasteiger partial charge in [-0.15, -0.1) is 0 Å². The first-order valence-electron chi connectivity index (χ1n) is 5.08. The molecule has 18 heavy (non-hydrogen) atoms. The van der Waals surface area contributed by atoms with Crippen molar-refractivity contribution in [1.82, 2.24) is 0 Å². The second kappa shape index (κ2) is 5.79. The Kier molecular flexibility index (Phi) is 4.86. The third kappa shape index (κ3) is 4.38. The Bertz CT molecular complexity index is 556. The first-order valence-corrected chi connectivity index (χ1v) is 7.70. The molecule has 0 amide bonds. The van der Waals surface area contributed by atoms with E-state index in [1.807, 2.05) is 0 Å². The summed E-state index contributed by atoms with van der Waals surface area (Å²) in [6.07, 6.45) is 0. The number of carbonyl (C=O) groups is 1. The predicted molar refractivity (Wildman–Crippen MR) is 68.4 cm³/mol. The van der Waals surface area contributed by atoms with Gasteiger partial charge in [0.15, 0.2) is 9.84 Å². The van der Waals surface area contributed by atoms with Crippen LogP contribution in [0.15, 0.2) is 22.7 Å². The van der Waals surface area contributed by atoms with Gasteiger partial charge in [0.2, 0.25) is 0 Å². The molecule has 0 bridgehead atoms. The highest BCUT2D eigenvalue weighted by Gasteiger charge is 2.21. The van der Waals surface area contributed by atoms with Crippen LogP contribution in [0.3, 0.4) is 0 Å². The van der Waals surface area contributed by atoms with E-state index in [4.69, 9.17) is 5.11 Å². The van der Waals surface area contributed by atoms with Crippen LogP contribution in [-0.4, -0.2) is 25.2 Å². The lowest BCUT2D eigenvalue weighted by molar-refractivity contribution is -0.140. The first-order chi connectivity index (χ1) is 8.21. The number of carboxylic acid groups (broad SMARTS) is 1. The predicted octanol–water partition coefficient (Wildman–Crippen LogP) is 2.22. The number of hydrogen-bond acceptors (Lipinski definition) is 3. The van der Waals surface area contributed by atoms with Gasteiger partial charge < -0.3 is 5.11 Å². The zero-order valence-corrected chi connectivity index (χ0v) is 12.0. The standard InChI is InChI=1S/C11H12BrFO4S/c1-7(11(14)15)5-18(16,17)6-8-2-3-10(13)9(12)4-8/h2-4,7H,5-6H2,1H3,(H,14,15). The van der Waals surface area contributed by atoms with Crippen molar-refractivity contribution in [1.29, 1.82) is 0 Å². The van der Waals surface area contributed by atoms with Crippen molar-refractivity contribution in [3.8, 4) is 0 Å². The highest BCUT2D eigenvalue weighted by molar-refractivity contribution is 9.10. The topological polar surface area (TPSA) is 71.4 Å². The average molecular weight is 339 g/mol. The van der Waals surface area contributed by atoms with Crippen molar-refractivity contribution >= 4 is 31.7 Å². The minimum Gasteiger partial charge on any atom is -0.481 e. The zero-order valence-electron chi connectivity index (χ0n) is 9.56. The number of rotatable bonds is 5. The normalized spacial score (nSPS) is 13.3. The molecule has 1 aromatic rings. The summed E-state index contributed by atoms with van der Waals surface area (Å²) in [6.45, 7) is 1.33. The molecule has 1 N–H and O–H groups in total. The van der Waals surface area contributed by atoms with Crippen LogP contribution in [0.5, 0.6) is 0 Å². The van der Waals surface area contributed by atoms with Crippen LogP contribution in [0.1, 0.15) is 12.5 Å². The van der Waals surface area contributed by atoms with Crippen LogP contribution in [0.4, 0.5) is 4.39 Å².